The van der Waals surface area contributed by atoms with Crippen molar-refractivity contribution in [3.05, 3.63) is 28.3 Å². The Kier molecular flexibility index (Phi) is 5.79. The summed E-state index contributed by atoms with van der Waals surface area (Å²) in [5, 5.41) is 7.08. The monoisotopic (exact) mass is 475 g/mol. The maximum atomic E-state index is 14.0. The van der Waals surface area contributed by atoms with Crippen LogP contribution in [0.1, 0.15) is 56.1 Å². The van der Waals surface area contributed by atoms with Crippen molar-refractivity contribution in [2.24, 2.45) is 11.8 Å². The lowest BCUT2D eigenvalue weighted by Gasteiger charge is -2.32. The predicted molar refractivity (Wildman–Crippen MR) is 127 cm³/mol. The number of carbonyl (C=O) groups excluding carboxylic acids is 3. The van der Waals surface area contributed by atoms with Crippen molar-refractivity contribution < 1.29 is 14.4 Å². The van der Waals surface area contributed by atoms with Crippen LogP contribution in [0.5, 0.6) is 0 Å². The van der Waals surface area contributed by atoms with Gasteiger partial charge in [-0.25, -0.2) is 0 Å². The lowest BCUT2D eigenvalue weighted by atomic mass is 9.76. The molecular formula is C24H30ClN3O3S. The number of benzene rings is 1. The van der Waals surface area contributed by atoms with Crippen LogP contribution in [0.4, 0.5) is 5.69 Å². The van der Waals surface area contributed by atoms with Crippen molar-refractivity contribution in [3.63, 3.8) is 0 Å². The van der Waals surface area contributed by atoms with E-state index in [1.165, 1.54) is 0 Å². The first-order valence-electron chi connectivity index (χ1n) is 11.7. The fourth-order valence-electron chi connectivity index (χ4n) is 6.38. The van der Waals surface area contributed by atoms with Crippen LogP contribution in [-0.4, -0.2) is 46.7 Å². The van der Waals surface area contributed by atoms with Crippen LogP contribution in [0.2, 0.25) is 5.02 Å². The quantitative estimate of drug-likeness (QED) is 0.511. The molecule has 2 N–H and O–H groups in total. The summed E-state index contributed by atoms with van der Waals surface area (Å²) in [5.74, 6) is -0.882. The number of hydrogen-bond donors (Lipinski definition) is 2. The highest BCUT2D eigenvalue weighted by Gasteiger charge is 2.70. The Labute approximate surface area is 198 Å². The standard InChI is InChI=1S/C24H30ClN3O3S/c1-13-16(25)10-9-15-20(13)26-23(31)24(15)19-18(17(27-24)11-12-32-2)21(29)28(22(19)30)14-7-5-3-4-6-8-14/h9-10,14,17-19,27H,3-8,11-12H2,1-2H3,(H,26,31)/t17-,18+,19-,24+/m0/s1. The maximum absolute atomic E-state index is 14.0. The van der Waals surface area contributed by atoms with Crippen LogP contribution in [0, 0.1) is 18.8 Å². The van der Waals surface area contributed by atoms with Gasteiger partial charge in [-0.3, -0.25) is 24.6 Å². The molecule has 6 nitrogen and oxygen atoms in total. The average Bonchev–Trinajstić information content (AvgIpc) is 3.24. The number of nitrogens with zero attached hydrogens (tertiary/aromatic N) is 1. The Bertz CT molecular complexity index is 977. The Hall–Kier alpha value is -1.57. The molecule has 1 aromatic rings. The maximum Gasteiger partial charge on any atom is 0.250 e. The van der Waals surface area contributed by atoms with Crippen LogP contribution in [0.25, 0.3) is 0 Å². The molecule has 8 heteroatoms. The summed E-state index contributed by atoms with van der Waals surface area (Å²) >= 11 is 8.04. The minimum absolute atomic E-state index is 0.0442. The Morgan fingerprint density at radius 1 is 1.12 bits per heavy atom. The van der Waals surface area contributed by atoms with Crippen molar-refractivity contribution in [2.45, 2.75) is 69.5 Å². The number of rotatable bonds is 4. The molecule has 1 aromatic carbocycles. The normalized spacial score (nSPS) is 32.4. The van der Waals surface area contributed by atoms with E-state index in [9.17, 15) is 14.4 Å². The topological polar surface area (TPSA) is 78.5 Å². The Morgan fingerprint density at radius 2 is 1.84 bits per heavy atom. The molecule has 5 rings (SSSR count). The molecule has 0 aromatic heterocycles. The van der Waals surface area contributed by atoms with Crippen LogP contribution in [0.15, 0.2) is 12.1 Å². The summed E-state index contributed by atoms with van der Waals surface area (Å²) in [6.45, 7) is 1.87. The third kappa shape index (κ3) is 3.07. The van der Waals surface area contributed by atoms with Crippen molar-refractivity contribution in [3.8, 4) is 0 Å². The van der Waals surface area contributed by atoms with Gasteiger partial charge in [-0.1, -0.05) is 43.4 Å². The fraction of sp³-hybridized carbons (Fsp3) is 0.625. The lowest BCUT2D eigenvalue weighted by molar-refractivity contribution is -0.145. The van der Waals surface area contributed by atoms with Crippen molar-refractivity contribution in [2.75, 3.05) is 17.3 Å². The van der Waals surface area contributed by atoms with Gasteiger partial charge in [0.05, 0.1) is 17.5 Å². The first kappa shape index (κ1) is 22.2. The molecule has 0 radical (unpaired) electrons. The minimum Gasteiger partial charge on any atom is -0.324 e. The molecule has 3 aliphatic heterocycles. The number of halogens is 1. The van der Waals surface area contributed by atoms with Gasteiger partial charge in [-0.2, -0.15) is 11.8 Å². The molecule has 3 amide bonds. The smallest absolute Gasteiger partial charge is 0.250 e. The number of imide groups is 1. The molecule has 0 unspecified atom stereocenters. The summed E-state index contributed by atoms with van der Waals surface area (Å²) in [6, 6.07) is 3.37. The van der Waals surface area contributed by atoms with E-state index in [-0.39, 0.29) is 29.8 Å². The highest BCUT2D eigenvalue weighted by atomic mass is 35.5. The van der Waals surface area contributed by atoms with Gasteiger partial charge >= 0.3 is 0 Å². The molecular weight excluding hydrogens is 446 g/mol. The number of hydrogen-bond acceptors (Lipinski definition) is 5. The summed E-state index contributed by atoms with van der Waals surface area (Å²) < 4.78 is 0. The number of fused-ring (bicyclic) bond motifs is 4. The lowest BCUT2D eigenvalue weighted by Crippen LogP contribution is -2.54. The van der Waals surface area contributed by atoms with E-state index in [0.29, 0.717) is 10.7 Å². The molecule has 4 atom stereocenters. The zero-order valence-corrected chi connectivity index (χ0v) is 20.2. The molecule has 4 aliphatic rings. The molecule has 3 heterocycles. The first-order valence-corrected chi connectivity index (χ1v) is 13.4. The SMILES string of the molecule is CSCC[C@@H]1N[C@@]2(C(=O)Nc3c2ccc(Cl)c3C)[C@@H]2C(=O)N(C3CCCCCC3)C(=O)[C@H]12. The van der Waals surface area contributed by atoms with Gasteiger partial charge in [0, 0.05) is 22.7 Å². The fourth-order valence-corrected chi connectivity index (χ4v) is 7.03. The van der Waals surface area contributed by atoms with Gasteiger partial charge in [0.25, 0.3) is 0 Å². The second-order valence-corrected chi connectivity index (χ2v) is 11.0. The van der Waals surface area contributed by atoms with E-state index in [1.54, 1.807) is 22.7 Å². The molecule has 1 saturated carbocycles. The zero-order valence-electron chi connectivity index (χ0n) is 18.6. The van der Waals surface area contributed by atoms with Crippen LogP contribution >= 0.6 is 23.4 Å². The highest BCUT2D eigenvalue weighted by molar-refractivity contribution is 7.98. The number of carbonyl (C=O) groups is 3. The molecule has 3 fully saturated rings. The molecule has 32 heavy (non-hydrogen) atoms. The predicted octanol–water partition coefficient (Wildman–Crippen LogP) is 3.84. The van der Waals surface area contributed by atoms with Crippen LogP contribution < -0.4 is 10.6 Å². The van der Waals surface area contributed by atoms with Gasteiger partial charge in [0.1, 0.15) is 5.54 Å². The molecule has 1 spiro atoms. The summed E-state index contributed by atoms with van der Waals surface area (Å²) in [7, 11) is 0. The molecule has 1 aliphatic carbocycles. The van der Waals surface area contributed by atoms with E-state index in [2.05, 4.69) is 10.6 Å². The van der Waals surface area contributed by atoms with Gasteiger partial charge in [-0.15, -0.1) is 0 Å². The van der Waals surface area contributed by atoms with Crippen molar-refractivity contribution in [1.29, 1.82) is 0 Å². The van der Waals surface area contributed by atoms with Crippen LogP contribution in [-0.2, 0) is 19.9 Å². The highest BCUT2D eigenvalue weighted by Crippen LogP contribution is 2.55. The molecule has 0 bridgehead atoms. The van der Waals surface area contributed by atoms with Crippen molar-refractivity contribution >= 4 is 46.8 Å². The summed E-state index contributed by atoms with van der Waals surface area (Å²) in [4.78, 5) is 42.8. The Balaban J connectivity index is 1.61. The first-order chi connectivity index (χ1) is 15.4. The van der Waals surface area contributed by atoms with E-state index in [4.69, 9.17) is 11.6 Å². The van der Waals surface area contributed by atoms with E-state index in [0.717, 1.165) is 61.8 Å². The van der Waals surface area contributed by atoms with E-state index >= 15 is 0 Å². The molecule has 2 saturated heterocycles. The van der Waals surface area contributed by atoms with Gasteiger partial charge < -0.3 is 5.32 Å². The van der Waals surface area contributed by atoms with E-state index in [1.807, 2.05) is 19.2 Å². The third-order valence-electron chi connectivity index (χ3n) is 7.94. The van der Waals surface area contributed by atoms with Gasteiger partial charge in [0.15, 0.2) is 0 Å². The summed E-state index contributed by atoms with van der Waals surface area (Å²) in [5.41, 5.74) is 0.991. The van der Waals surface area contributed by atoms with Gasteiger partial charge in [-0.05, 0) is 49.8 Å². The number of anilines is 1. The van der Waals surface area contributed by atoms with Crippen LogP contribution in [0.3, 0.4) is 0 Å². The second kappa shape index (κ2) is 8.33. The zero-order chi connectivity index (χ0) is 22.6. The molecule has 172 valence electrons. The van der Waals surface area contributed by atoms with Gasteiger partial charge in [0.2, 0.25) is 17.7 Å². The number of thioether (sulfide) groups is 1. The largest absolute Gasteiger partial charge is 0.324 e. The average molecular weight is 476 g/mol. The number of likely N-dealkylation sites (tertiary alicyclic amines) is 1. The third-order valence-corrected chi connectivity index (χ3v) is 8.99. The van der Waals surface area contributed by atoms with Crippen molar-refractivity contribution in [1.82, 2.24) is 10.2 Å². The number of amides is 3. The Morgan fingerprint density at radius 3 is 2.53 bits per heavy atom. The minimum atomic E-state index is -1.22. The number of nitrogens with one attached hydrogen (secondary N) is 2. The summed E-state index contributed by atoms with van der Waals surface area (Å²) in [6.07, 6.45) is 8.87. The van der Waals surface area contributed by atoms with E-state index < -0.39 is 17.4 Å². The second-order valence-electron chi connectivity index (χ2n) is 9.58.